The molecule has 0 radical (unpaired) electrons. The summed E-state index contributed by atoms with van der Waals surface area (Å²) in [6.45, 7) is 0. The van der Waals surface area contributed by atoms with Gasteiger partial charge in [-0.05, 0) is 185 Å². The van der Waals surface area contributed by atoms with Crippen LogP contribution in [-0.2, 0) is 0 Å². The Kier molecular flexibility index (Phi) is 16.1. The van der Waals surface area contributed by atoms with Gasteiger partial charge in [0.25, 0.3) is 0 Å². The maximum Gasteiger partial charge on any atom is 0.235 e. The minimum atomic E-state index is 0.644. The van der Waals surface area contributed by atoms with E-state index in [1.54, 1.807) is 0 Å². The zero-order valence-electron chi connectivity index (χ0n) is 73.7. The first kappa shape index (κ1) is 75.8. The molecule has 9 aromatic heterocycles. The van der Waals surface area contributed by atoms with E-state index in [2.05, 4.69) is 408 Å². The molecule has 0 N–H and O–H groups in total. The van der Waals surface area contributed by atoms with Crippen molar-refractivity contribution in [3.8, 4) is 73.9 Å². The van der Waals surface area contributed by atoms with Gasteiger partial charge in [0.1, 0.15) is 33.5 Å². The highest BCUT2D eigenvalue weighted by molar-refractivity contribution is 6.42. The van der Waals surface area contributed by atoms with Gasteiger partial charge in [-0.15, -0.1) is 0 Å². The van der Waals surface area contributed by atoms with Gasteiger partial charge in [-0.2, -0.15) is 0 Å². The average Bonchev–Trinajstić information content (AvgIpc) is 1.54. The van der Waals surface area contributed by atoms with Crippen molar-refractivity contribution in [2.45, 2.75) is 0 Å². The van der Waals surface area contributed by atoms with E-state index in [1.807, 2.05) is 36.4 Å². The highest BCUT2D eigenvalue weighted by Crippen LogP contribution is 2.53. The molecule has 12 heteroatoms. The van der Waals surface area contributed by atoms with Gasteiger partial charge in [-0.25, -0.2) is 29.9 Å². The molecule has 0 bridgehead atoms. The lowest BCUT2D eigenvalue weighted by atomic mass is 9.95. The summed E-state index contributed by atoms with van der Waals surface area (Å²) in [7, 11) is 0. The number of benzene rings is 20. The Balaban J connectivity index is 0.0000000981. The maximum absolute atomic E-state index is 6.55. The minimum absolute atomic E-state index is 0.644. The Labute approximate surface area is 784 Å². The molecule has 0 aliphatic carbocycles. The Morgan fingerprint density at radius 3 is 0.877 bits per heavy atom. The van der Waals surface area contributed by atoms with E-state index in [9.17, 15) is 0 Å². The number of para-hydroxylation sites is 2. The van der Waals surface area contributed by atoms with Crippen molar-refractivity contribution >= 4 is 229 Å². The predicted octanol–water partition coefficient (Wildman–Crippen LogP) is 33.4. The Bertz CT molecular complexity index is 10700. The molecule has 0 saturated carbocycles. The van der Waals surface area contributed by atoms with E-state index < -0.39 is 0 Å². The van der Waals surface area contributed by atoms with Crippen molar-refractivity contribution in [1.82, 2.24) is 43.6 Å². The minimum Gasteiger partial charge on any atom is -0.456 e. The zero-order chi connectivity index (χ0) is 90.1. The maximum atomic E-state index is 6.55. The third kappa shape index (κ3) is 11.1. The van der Waals surface area contributed by atoms with Gasteiger partial charge in [0.15, 0.2) is 5.82 Å². The van der Waals surface area contributed by atoms with Gasteiger partial charge in [0.2, 0.25) is 11.9 Å². The Morgan fingerprint density at radius 1 is 0.152 bits per heavy atom. The van der Waals surface area contributed by atoms with Gasteiger partial charge in [-0.3, -0.25) is 9.13 Å². The zero-order valence-corrected chi connectivity index (χ0v) is 73.7. The molecule has 0 spiro atoms. The topological polar surface area (TPSA) is 132 Å². The van der Waals surface area contributed by atoms with Crippen LogP contribution in [-0.4, -0.2) is 43.6 Å². The summed E-state index contributed by atoms with van der Waals surface area (Å²) in [6.07, 6.45) is 0. The molecule has 0 aliphatic rings. The number of hydrogen-bond acceptors (Lipinski definition) is 9. The molecular formula is C126H71N9O3. The first-order valence-electron chi connectivity index (χ1n) is 46.7. The van der Waals surface area contributed by atoms with Crippen molar-refractivity contribution in [1.29, 1.82) is 0 Å². The molecule has 23 aromatic carbocycles. The van der Waals surface area contributed by atoms with Crippen LogP contribution in [0.5, 0.6) is 0 Å². The third-order valence-corrected chi connectivity index (χ3v) is 28.7. The molecule has 9 heterocycles. The van der Waals surface area contributed by atoms with Gasteiger partial charge in [0, 0.05) is 109 Å². The molecule has 138 heavy (non-hydrogen) atoms. The molecule has 0 fully saturated rings. The molecule has 0 atom stereocenters. The van der Waals surface area contributed by atoms with Gasteiger partial charge < -0.3 is 17.8 Å². The summed E-state index contributed by atoms with van der Waals surface area (Å²) in [4.78, 5) is 31.4. The molecule has 32 rings (SSSR count). The van der Waals surface area contributed by atoms with Crippen LogP contribution in [0.25, 0.3) is 302 Å². The van der Waals surface area contributed by atoms with Crippen LogP contribution >= 0.6 is 0 Å². The van der Waals surface area contributed by atoms with E-state index in [4.69, 9.17) is 43.2 Å². The van der Waals surface area contributed by atoms with Crippen LogP contribution in [0, 0.1) is 0 Å². The number of rotatable bonds is 8. The third-order valence-electron chi connectivity index (χ3n) is 28.7. The number of fused-ring (bicyclic) bond motifs is 12. The number of nitrogens with zero attached hydrogens (tertiary/aromatic N) is 9. The highest BCUT2D eigenvalue weighted by atomic mass is 16.3. The monoisotopic (exact) mass is 1760 g/mol. The first-order valence-corrected chi connectivity index (χ1v) is 46.7. The molecule has 12 nitrogen and oxygen atoms in total. The lowest BCUT2D eigenvalue weighted by molar-refractivity contribution is 0.669. The van der Waals surface area contributed by atoms with E-state index in [1.165, 1.54) is 113 Å². The smallest absolute Gasteiger partial charge is 0.235 e. The summed E-state index contributed by atoms with van der Waals surface area (Å²) in [5.41, 5.74) is 25.0. The Morgan fingerprint density at radius 2 is 0.449 bits per heavy atom. The fourth-order valence-corrected chi connectivity index (χ4v) is 22.9. The SMILES string of the molecule is c1ccc(-c2cccc(-c3nc(-n4c5cccc6c7ccccc7c7cccc8oc9ccc4c(c9c87)c65)nc4ccccc34)c2)cc1.c1ccc(-c2nc(-c3ccccc3)c3cc(-n4c5cccc6c7ccccc7c7cccc8oc9ccc4c(c9c87)c65)ccc3n2)cc1.c1ccc(-c2nc(-n3c4cccc5c6ccccc6c6cccc7oc8ccc3c(c8c76)c54)nc3ccccc23)cc1. The van der Waals surface area contributed by atoms with Crippen molar-refractivity contribution in [3.63, 3.8) is 0 Å². The fraction of sp³-hybridized carbons (Fsp3) is 0. The highest BCUT2D eigenvalue weighted by Gasteiger charge is 2.30. The molecule has 0 amide bonds. The number of aromatic nitrogens is 9. The van der Waals surface area contributed by atoms with Crippen LogP contribution in [0.15, 0.2) is 444 Å². The standard InChI is InChI=1S/2C44H25N3O.C38H21N3O/c1-3-11-26(12-4-1)43-33-25-28(21-22-34(33)45-44(46-43)27-13-5-2-6-14-27)47-35-19-9-17-31-29-15-7-8-16-30(29)32-18-10-20-37-40(32)42-38(48-37)24-23-36(47)41(42)39(31)35;1-2-11-26(12-3-1)27-13-8-14-28(25-27)43-33-17-6-7-20-34(33)45-44(46-43)47-35-21-9-18-31-29-15-4-5-16-30(29)32-19-10-22-37-40(32)42-38(48-37)24-23-36(47)41(42)39(31)35;1-2-10-22(11-3-1)37-27-14-6-7-17-28(27)39-38(40-37)41-29-18-8-15-25-23-12-4-5-13-24(23)26-16-9-19-31-34(26)36-32(42-31)21-20-30(41)35(36)33(25)29/h2*1-25H;1-21H. The largest absolute Gasteiger partial charge is 0.456 e. The lowest BCUT2D eigenvalue weighted by Gasteiger charge is -2.13. The molecule has 0 saturated heterocycles. The number of furan rings is 3. The van der Waals surface area contributed by atoms with Crippen molar-refractivity contribution in [2.75, 3.05) is 0 Å². The van der Waals surface area contributed by atoms with E-state index in [0.717, 1.165) is 177 Å². The van der Waals surface area contributed by atoms with Crippen LogP contribution in [0.1, 0.15) is 0 Å². The molecular weight excluding hydrogens is 1690 g/mol. The first-order chi connectivity index (χ1) is 68.5. The van der Waals surface area contributed by atoms with Crippen LogP contribution < -0.4 is 0 Å². The average molecular weight is 1760 g/mol. The van der Waals surface area contributed by atoms with Crippen molar-refractivity contribution in [2.24, 2.45) is 0 Å². The quantitative estimate of drug-likeness (QED) is 0.146. The van der Waals surface area contributed by atoms with Crippen LogP contribution in [0.3, 0.4) is 0 Å². The predicted molar refractivity (Wildman–Crippen MR) is 569 cm³/mol. The van der Waals surface area contributed by atoms with Gasteiger partial charge in [0.05, 0.1) is 66.7 Å². The van der Waals surface area contributed by atoms with Crippen molar-refractivity contribution < 1.29 is 13.3 Å². The summed E-state index contributed by atoms with van der Waals surface area (Å²) in [5, 5.41) is 31.7. The fourth-order valence-electron chi connectivity index (χ4n) is 22.9. The molecule has 0 unspecified atom stereocenters. The van der Waals surface area contributed by atoms with E-state index >= 15 is 0 Å². The summed E-state index contributed by atoms with van der Waals surface area (Å²) in [5.74, 6) is 2.02. The summed E-state index contributed by atoms with van der Waals surface area (Å²) < 4.78 is 26.5. The number of hydrogen-bond donors (Lipinski definition) is 0. The van der Waals surface area contributed by atoms with Gasteiger partial charge in [-0.1, -0.05) is 322 Å². The second-order valence-electron chi connectivity index (χ2n) is 36.0. The van der Waals surface area contributed by atoms with Crippen LogP contribution in [0.4, 0.5) is 0 Å². The summed E-state index contributed by atoms with van der Waals surface area (Å²) in [6, 6.07) is 152. The van der Waals surface area contributed by atoms with E-state index in [0.29, 0.717) is 11.9 Å². The second-order valence-corrected chi connectivity index (χ2v) is 36.0. The summed E-state index contributed by atoms with van der Waals surface area (Å²) >= 11 is 0. The normalized spacial score (nSPS) is 12.2. The van der Waals surface area contributed by atoms with Gasteiger partial charge >= 0.3 is 0 Å². The lowest BCUT2D eigenvalue weighted by Crippen LogP contribution is -2.03. The van der Waals surface area contributed by atoms with Crippen LogP contribution in [0.2, 0.25) is 0 Å². The molecule has 32 aromatic rings. The molecule has 0 aliphatic heterocycles. The Hall–Kier alpha value is -18.8. The molecule has 638 valence electrons. The van der Waals surface area contributed by atoms with E-state index in [-0.39, 0.29) is 0 Å². The van der Waals surface area contributed by atoms with Crippen molar-refractivity contribution in [3.05, 3.63) is 431 Å². The second kappa shape index (κ2) is 29.4.